The Balaban J connectivity index is 4.86. The molecule has 9 N–H and O–H groups in total. The highest BCUT2D eigenvalue weighted by molar-refractivity contribution is 4.85. The summed E-state index contributed by atoms with van der Waals surface area (Å²) in [4.78, 5) is 0. The van der Waals surface area contributed by atoms with Crippen molar-refractivity contribution in [2.75, 3.05) is 19.8 Å². The van der Waals surface area contributed by atoms with Crippen LogP contribution in [-0.2, 0) is 0 Å². The lowest BCUT2D eigenvalue weighted by Gasteiger charge is -2.35. The molecule has 24 heavy (non-hydrogen) atoms. The molecule has 0 bridgehead atoms. The molecular weight excluding hydrogens is 324 g/mol. The lowest BCUT2D eigenvalue weighted by Crippen LogP contribution is -2.50. The van der Waals surface area contributed by atoms with Crippen LogP contribution in [0, 0.1) is 5.92 Å². The van der Waals surface area contributed by atoms with E-state index >= 15 is 0 Å². The van der Waals surface area contributed by atoms with Crippen LogP contribution < -0.4 is 0 Å². The van der Waals surface area contributed by atoms with Gasteiger partial charge in [-0.25, -0.2) is 0 Å². The van der Waals surface area contributed by atoms with Gasteiger partial charge in [-0.05, 0) is 32.1 Å². The molecule has 0 aliphatic rings. The van der Waals surface area contributed by atoms with E-state index in [0.717, 1.165) is 0 Å². The van der Waals surface area contributed by atoms with Crippen molar-refractivity contribution in [2.45, 2.75) is 68.7 Å². The summed E-state index contributed by atoms with van der Waals surface area (Å²) in [6, 6.07) is 0. The number of aliphatic hydroxyl groups excluding tert-OH is 5. The first-order valence-corrected chi connectivity index (χ1v) is 8.17. The van der Waals surface area contributed by atoms with Crippen LogP contribution in [-0.4, -0.2) is 89.6 Å². The van der Waals surface area contributed by atoms with Crippen LogP contribution >= 0.6 is 0 Å². The van der Waals surface area contributed by atoms with E-state index in [1.54, 1.807) is 0 Å². The minimum atomic E-state index is -2.85. The summed E-state index contributed by atoms with van der Waals surface area (Å²) < 4.78 is 0. The van der Waals surface area contributed by atoms with E-state index in [4.69, 9.17) is 20.4 Å². The molecule has 0 aliphatic heterocycles. The van der Waals surface area contributed by atoms with Crippen molar-refractivity contribution in [1.82, 2.24) is 0 Å². The SMILES string of the molecule is OCCCCC(CC(O)CC(O)(CO)CCCO)C(O)(O)C(O)O. The molecular formula is C15H32O9. The monoisotopic (exact) mass is 356 g/mol. The summed E-state index contributed by atoms with van der Waals surface area (Å²) in [7, 11) is 0. The molecule has 0 heterocycles. The standard InChI is InChI=1S/C15H32O9/c16-6-2-1-4-11(15(23,24)13(20)21)8-12(19)9-14(22,10-18)5-3-7-17/h11-13,16-24H,1-10H2. The van der Waals surface area contributed by atoms with Crippen LogP contribution in [0.5, 0.6) is 0 Å². The third kappa shape index (κ3) is 8.15. The van der Waals surface area contributed by atoms with Gasteiger partial charge in [0.2, 0.25) is 12.1 Å². The van der Waals surface area contributed by atoms with Crippen LogP contribution in [0.2, 0.25) is 0 Å². The van der Waals surface area contributed by atoms with Crippen molar-refractivity contribution in [3.8, 4) is 0 Å². The van der Waals surface area contributed by atoms with Crippen molar-refractivity contribution in [1.29, 1.82) is 0 Å². The molecule has 0 fully saturated rings. The molecule has 0 radical (unpaired) electrons. The molecule has 0 saturated carbocycles. The topological polar surface area (TPSA) is 182 Å². The lowest BCUT2D eigenvalue weighted by atomic mass is 9.83. The number of rotatable bonds is 14. The Morgan fingerprint density at radius 2 is 1.38 bits per heavy atom. The van der Waals surface area contributed by atoms with Gasteiger partial charge in [0.15, 0.2) is 0 Å². The van der Waals surface area contributed by atoms with Gasteiger partial charge in [-0.2, -0.15) is 0 Å². The van der Waals surface area contributed by atoms with E-state index in [2.05, 4.69) is 0 Å². The van der Waals surface area contributed by atoms with Crippen LogP contribution in [0.25, 0.3) is 0 Å². The number of hydrogen-bond donors (Lipinski definition) is 9. The number of unbranched alkanes of at least 4 members (excludes halogenated alkanes) is 1. The van der Waals surface area contributed by atoms with Gasteiger partial charge in [-0.3, -0.25) is 0 Å². The van der Waals surface area contributed by atoms with Gasteiger partial charge >= 0.3 is 0 Å². The van der Waals surface area contributed by atoms with E-state index in [-0.39, 0.29) is 45.3 Å². The van der Waals surface area contributed by atoms with Gasteiger partial charge in [0.05, 0.1) is 18.3 Å². The minimum absolute atomic E-state index is 0.0538. The highest BCUT2D eigenvalue weighted by Crippen LogP contribution is 2.30. The normalized spacial score (nSPS) is 17.8. The van der Waals surface area contributed by atoms with Crippen molar-refractivity contribution < 1.29 is 46.0 Å². The second-order valence-corrected chi connectivity index (χ2v) is 6.38. The predicted octanol–water partition coefficient (Wildman–Crippen LogP) is -2.61. The summed E-state index contributed by atoms with van der Waals surface area (Å²) in [5, 5.41) is 85.1. The first kappa shape index (κ1) is 23.6. The van der Waals surface area contributed by atoms with Crippen LogP contribution in [0.3, 0.4) is 0 Å². The Morgan fingerprint density at radius 3 is 1.83 bits per heavy atom. The molecule has 0 amide bonds. The van der Waals surface area contributed by atoms with E-state index in [0.29, 0.717) is 12.8 Å². The fourth-order valence-electron chi connectivity index (χ4n) is 2.72. The van der Waals surface area contributed by atoms with Crippen molar-refractivity contribution in [3.05, 3.63) is 0 Å². The maximum absolute atomic E-state index is 10.2. The highest BCUT2D eigenvalue weighted by Gasteiger charge is 2.42. The fourth-order valence-corrected chi connectivity index (χ4v) is 2.72. The Morgan fingerprint density at radius 1 is 0.792 bits per heavy atom. The average Bonchev–Trinajstić information content (AvgIpc) is 2.51. The molecule has 3 atom stereocenters. The largest absolute Gasteiger partial charge is 0.396 e. The third-order valence-electron chi connectivity index (χ3n) is 4.21. The molecule has 0 rings (SSSR count). The molecule has 146 valence electrons. The fraction of sp³-hybridized carbons (Fsp3) is 1.00. The second kappa shape index (κ2) is 11.3. The molecule has 0 spiro atoms. The number of aliphatic hydroxyl groups is 9. The van der Waals surface area contributed by atoms with E-state index < -0.39 is 36.3 Å². The zero-order valence-electron chi connectivity index (χ0n) is 13.8. The molecule has 0 saturated heterocycles. The van der Waals surface area contributed by atoms with Gasteiger partial charge in [0.1, 0.15) is 0 Å². The Hall–Kier alpha value is -0.360. The Kier molecular flexibility index (Phi) is 11.1. The zero-order chi connectivity index (χ0) is 18.8. The summed E-state index contributed by atoms with van der Waals surface area (Å²) in [6.07, 6.45) is -3.06. The molecule has 9 heteroatoms. The van der Waals surface area contributed by atoms with Gasteiger partial charge in [-0.1, -0.05) is 6.42 Å². The van der Waals surface area contributed by atoms with Crippen molar-refractivity contribution in [2.24, 2.45) is 5.92 Å². The molecule has 9 nitrogen and oxygen atoms in total. The average molecular weight is 356 g/mol. The quantitative estimate of drug-likeness (QED) is 0.119. The van der Waals surface area contributed by atoms with E-state index in [1.165, 1.54) is 0 Å². The molecule has 0 aromatic heterocycles. The summed E-state index contributed by atoms with van der Waals surface area (Å²) >= 11 is 0. The third-order valence-corrected chi connectivity index (χ3v) is 4.21. The van der Waals surface area contributed by atoms with Crippen LogP contribution in [0.15, 0.2) is 0 Å². The molecule has 0 aromatic carbocycles. The minimum Gasteiger partial charge on any atom is -0.396 e. The summed E-state index contributed by atoms with van der Waals surface area (Å²) in [5.41, 5.74) is -1.62. The zero-order valence-corrected chi connectivity index (χ0v) is 13.8. The van der Waals surface area contributed by atoms with Crippen molar-refractivity contribution in [3.63, 3.8) is 0 Å². The Labute approximate surface area is 141 Å². The first-order chi connectivity index (χ1) is 11.1. The van der Waals surface area contributed by atoms with E-state index in [1.807, 2.05) is 0 Å². The second-order valence-electron chi connectivity index (χ2n) is 6.38. The van der Waals surface area contributed by atoms with Gasteiger partial charge in [0.25, 0.3) is 0 Å². The smallest absolute Gasteiger partial charge is 0.218 e. The predicted molar refractivity (Wildman–Crippen MR) is 83.4 cm³/mol. The maximum Gasteiger partial charge on any atom is 0.218 e. The highest BCUT2D eigenvalue weighted by atomic mass is 16.6. The maximum atomic E-state index is 10.2. The van der Waals surface area contributed by atoms with Gasteiger partial charge < -0.3 is 46.0 Å². The van der Waals surface area contributed by atoms with E-state index in [9.17, 15) is 25.5 Å². The van der Waals surface area contributed by atoms with Gasteiger partial charge in [-0.15, -0.1) is 0 Å². The molecule has 0 aromatic rings. The van der Waals surface area contributed by atoms with Gasteiger partial charge in [0, 0.05) is 25.6 Å². The van der Waals surface area contributed by atoms with Crippen molar-refractivity contribution >= 4 is 0 Å². The Bertz CT molecular complexity index is 324. The molecule has 0 aliphatic carbocycles. The first-order valence-electron chi connectivity index (χ1n) is 8.17. The molecule has 3 unspecified atom stereocenters. The number of hydrogen-bond acceptors (Lipinski definition) is 9. The lowest BCUT2D eigenvalue weighted by molar-refractivity contribution is -0.318. The van der Waals surface area contributed by atoms with Crippen LogP contribution in [0.4, 0.5) is 0 Å². The summed E-state index contributed by atoms with van der Waals surface area (Å²) in [5.74, 6) is -3.96. The summed E-state index contributed by atoms with van der Waals surface area (Å²) in [6.45, 7) is -0.924. The van der Waals surface area contributed by atoms with Crippen LogP contribution in [0.1, 0.15) is 44.9 Å².